The lowest BCUT2D eigenvalue weighted by Gasteiger charge is -2.24. The van der Waals surface area contributed by atoms with Gasteiger partial charge in [0.25, 0.3) is 0 Å². The van der Waals surface area contributed by atoms with Crippen LogP contribution in [0.5, 0.6) is 11.5 Å². The highest BCUT2D eigenvalue weighted by Crippen LogP contribution is 2.63. The van der Waals surface area contributed by atoms with E-state index in [9.17, 15) is 16.8 Å². The van der Waals surface area contributed by atoms with E-state index >= 15 is 0 Å². The van der Waals surface area contributed by atoms with Gasteiger partial charge in [-0.25, -0.2) is 16.8 Å². The number of anilines is 2. The predicted octanol–water partition coefficient (Wildman–Crippen LogP) is 6.58. The molecule has 0 radical (unpaired) electrons. The van der Waals surface area contributed by atoms with Gasteiger partial charge in [-0.15, -0.1) is 0 Å². The van der Waals surface area contributed by atoms with E-state index in [1.165, 1.54) is 23.6 Å². The number of nitrogens with one attached hydrogen (secondary N) is 3. The smallest absolute Gasteiger partial charge is 0.229 e. The van der Waals surface area contributed by atoms with Crippen LogP contribution >= 0.6 is 15.9 Å². The molecular formula is C42H53BrN4O6S2. The summed E-state index contributed by atoms with van der Waals surface area (Å²) in [6.45, 7) is 11.2. The first-order valence-corrected chi connectivity index (χ1v) is 23.6. The summed E-state index contributed by atoms with van der Waals surface area (Å²) < 4.78 is 61.7. The molecule has 4 aromatic carbocycles. The standard InChI is InChI=1S/C21H26N2O3S.C13H18N2O2S.C8H9BrO/c1-21(16-7-6-8-17(13-16)22-27(2,24)25)19-14-23(15-20(19)21)11-12-26-18-9-4-3-5-10-18;1-13(11-7-14-8-12(11)13)9-4-3-5-10(6-9)15-18(2,16)17;9-6-7-10-8-4-2-1-3-5-8/h3-10,13,19-20,22H,11-12,14-15H2,1-2H3;3-6,11-12,14-15H,7-8H2,1-2H3;1-5H,6-7H2. The summed E-state index contributed by atoms with van der Waals surface area (Å²) in [4.78, 5) is 2.47. The number of ether oxygens (including phenoxy) is 2. The lowest BCUT2D eigenvalue weighted by atomic mass is 9.92. The molecule has 0 spiro atoms. The zero-order chi connectivity index (χ0) is 39.3. The number of piperidine rings is 2. The van der Waals surface area contributed by atoms with Gasteiger partial charge < -0.3 is 14.8 Å². The Hall–Kier alpha value is -3.62. The van der Waals surface area contributed by atoms with Gasteiger partial charge in [-0.05, 0) is 96.4 Å². The van der Waals surface area contributed by atoms with Crippen LogP contribution in [-0.2, 0) is 30.9 Å². The van der Waals surface area contributed by atoms with Crippen molar-refractivity contribution in [1.82, 2.24) is 10.2 Å². The molecule has 4 fully saturated rings. The van der Waals surface area contributed by atoms with Crippen LogP contribution < -0.4 is 24.2 Å². The summed E-state index contributed by atoms with van der Waals surface area (Å²) in [6.07, 6.45) is 2.36. The predicted molar refractivity (Wildman–Crippen MR) is 225 cm³/mol. The van der Waals surface area contributed by atoms with E-state index in [1.54, 1.807) is 12.1 Å². The van der Waals surface area contributed by atoms with E-state index in [2.05, 4.69) is 61.6 Å². The summed E-state index contributed by atoms with van der Waals surface area (Å²) in [7, 11) is -6.45. The highest BCUT2D eigenvalue weighted by molar-refractivity contribution is 9.09. The summed E-state index contributed by atoms with van der Waals surface area (Å²) in [5.74, 6) is 4.51. The van der Waals surface area contributed by atoms with Crippen LogP contribution in [-0.4, -0.2) is 85.5 Å². The molecule has 4 aromatic rings. The van der Waals surface area contributed by atoms with Crippen molar-refractivity contribution in [3.8, 4) is 11.5 Å². The Morgan fingerprint density at radius 1 is 0.655 bits per heavy atom. The molecule has 4 unspecified atom stereocenters. The first kappa shape index (κ1) is 41.0. The topological polar surface area (TPSA) is 126 Å². The molecule has 2 aliphatic heterocycles. The van der Waals surface area contributed by atoms with E-state index in [0.717, 1.165) is 56.2 Å². The first-order chi connectivity index (χ1) is 26.2. The lowest BCUT2D eigenvalue weighted by molar-refractivity contribution is 0.213. The van der Waals surface area contributed by atoms with Crippen LogP contribution in [0.4, 0.5) is 11.4 Å². The van der Waals surface area contributed by atoms with Crippen LogP contribution in [0, 0.1) is 23.7 Å². The molecule has 4 atom stereocenters. The van der Waals surface area contributed by atoms with Crippen molar-refractivity contribution in [2.75, 3.05) is 73.2 Å². The molecular weight excluding hydrogens is 801 g/mol. The van der Waals surface area contributed by atoms with Crippen molar-refractivity contribution in [3.05, 3.63) is 120 Å². The Morgan fingerprint density at radius 2 is 1.09 bits per heavy atom. The molecule has 2 saturated carbocycles. The van der Waals surface area contributed by atoms with Crippen LogP contribution in [0.2, 0.25) is 0 Å². The summed E-state index contributed by atoms with van der Waals surface area (Å²) >= 11 is 3.28. The molecule has 296 valence electrons. The Kier molecular flexibility index (Phi) is 12.9. The molecule has 0 aromatic heterocycles. The number of benzene rings is 4. The fourth-order valence-electron chi connectivity index (χ4n) is 8.55. The molecule has 0 amide bonds. The molecule has 4 aliphatic rings. The third kappa shape index (κ3) is 10.4. The number of nitrogens with zero attached hydrogens (tertiary/aromatic N) is 1. The number of fused-ring (bicyclic) bond motifs is 2. The van der Waals surface area contributed by atoms with Gasteiger partial charge >= 0.3 is 0 Å². The number of hydrogen-bond donors (Lipinski definition) is 3. The minimum absolute atomic E-state index is 0.145. The normalized spacial score (nSPS) is 26.2. The van der Waals surface area contributed by atoms with Crippen LogP contribution in [0.3, 0.4) is 0 Å². The molecule has 8 rings (SSSR count). The van der Waals surface area contributed by atoms with E-state index in [1.807, 2.05) is 84.9 Å². The van der Waals surface area contributed by atoms with Gasteiger partial charge in [0, 0.05) is 47.2 Å². The maximum atomic E-state index is 11.5. The monoisotopic (exact) mass is 852 g/mol. The zero-order valence-corrected chi connectivity index (χ0v) is 35.2. The van der Waals surface area contributed by atoms with Crippen LogP contribution in [0.1, 0.15) is 25.0 Å². The molecule has 2 saturated heterocycles. The van der Waals surface area contributed by atoms with Crippen molar-refractivity contribution < 1.29 is 26.3 Å². The molecule has 55 heavy (non-hydrogen) atoms. The fourth-order valence-corrected chi connectivity index (χ4v) is 9.82. The fraction of sp³-hybridized carbons (Fsp3) is 0.429. The SMILES string of the molecule is BrCCOc1ccccc1.CC1(c2cccc(NS(C)(=O)=O)c2)C2CN(CCOc3ccccc3)CC21.CC1(c2cccc(NS(C)(=O)=O)c2)C2CNCC21. The Labute approximate surface area is 335 Å². The second-order valence-corrected chi connectivity index (χ2v) is 19.6. The van der Waals surface area contributed by atoms with Crippen molar-refractivity contribution in [2.45, 2.75) is 24.7 Å². The number of para-hydroxylation sites is 2. The Morgan fingerprint density at radius 3 is 1.53 bits per heavy atom. The second-order valence-electron chi connectivity index (χ2n) is 15.3. The molecule has 3 N–H and O–H groups in total. The van der Waals surface area contributed by atoms with Gasteiger partial charge in [-0.2, -0.15) is 0 Å². The number of alkyl halides is 1. The zero-order valence-electron chi connectivity index (χ0n) is 31.9. The van der Waals surface area contributed by atoms with Crippen molar-refractivity contribution in [1.29, 1.82) is 0 Å². The van der Waals surface area contributed by atoms with Gasteiger partial charge in [-0.3, -0.25) is 14.3 Å². The first-order valence-electron chi connectivity index (χ1n) is 18.7. The highest BCUT2D eigenvalue weighted by atomic mass is 79.9. The quantitative estimate of drug-likeness (QED) is 0.129. The third-order valence-corrected chi connectivity index (χ3v) is 13.1. The van der Waals surface area contributed by atoms with Crippen molar-refractivity contribution in [2.24, 2.45) is 23.7 Å². The van der Waals surface area contributed by atoms with E-state index in [4.69, 9.17) is 9.47 Å². The molecule has 0 bridgehead atoms. The van der Waals surface area contributed by atoms with Gasteiger partial charge in [0.2, 0.25) is 20.0 Å². The summed E-state index contributed by atoms with van der Waals surface area (Å²) in [6, 6.07) is 35.4. The van der Waals surface area contributed by atoms with Crippen LogP contribution in [0.25, 0.3) is 0 Å². The number of likely N-dealkylation sites (tertiary alicyclic amines) is 1. The minimum Gasteiger partial charge on any atom is -0.493 e. The Bertz CT molecular complexity index is 2080. The van der Waals surface area contributed by atoms with Gasteiger partial charge in [0.05, 0.1) is 19.1 Å². The maximum absolute atomic E-state index is 11.5. The summed E-state index contributed by atoms with van der Waals surface area (Å²) in [5, 5.41) is 4.26. The highest BCUT2D eigenvalue weighted by Gasteiger charge is 2.65. The van der Waals surface area contributed by atoms with Gasteiger partial charge in [0.1, 0.15) is 18.1 Å². The van der Waals surface area contributed by atoms with E-state index in [-0.39, 0.29) is 10.8 Å². The Balaban J connectivity index is 0.000000157. The average molecular weight is 854 g/mol. The number of sulfonamides is 2. The molecule has 10 nitrogen and oxygen atoms in total. The van der Waals surface area contributed by atoms with Crippen molar-refractivity contribution >= 4 is 47.4 Å². The van der Waals surface area contributed by atoms with Gasteiger partial charge in [0.15, 0.2) is 0 Å². The number of rotatable bonds is 13. The largest absolute Gasteiger partial charge is 0.493 e. The number of hydrogen-bond acceptors (Lipinski definition) is 8. The van der Waals surface area contributed by atoms with Gasteiger partial charge in [-0.1, -0.05) is 90.4 Å². The minimum atomic E-state index is -3.25. The van der Waals surface area contributed by atoms with Crippen molar-refractivity contribution in [3.63, 3.8) is 0 Å². The maximum Gasteiger partial charge on any atom is 0.229 e. The lowest BCUT2D eigenvalue weighted by Crippen LogP contribution is -2.32. The summed E-state index contributed by atoms with van der Waals surface area (Å²) in [5.41, 5.74) is 4.15. The van der Waals surface area contributed by atoms with E-state index < -0.39 is 20.0 Å². The number of halogens is 1. The van der Waals surface area contributed by atoms with E-state index in [0.29, 0.717) is 41.7 Å². The molecule has 2 aliphatic carbocycles. The molecule has 13 heteroatoms. The van der Waals surface area contributed by atoms with Crippen LogP contribution in [0.15, 0.2) is 109 Å². The average Bonchev–Trinajstić information content (AvgIpc) is 3.61. The second kappa shape index (κ2) is 17.3. The third-order valence-electron chi connectivity index (χ3n) is 11.6. The molecule has 2 heterocycles.